The van der Waals surface area contributed by atoms with Gasteiger partial charge in [0.05, 0.1) is 0 Å². The summed E-state index contributed by atoms with van der Waals surface area (Å²) in [7, 11) is -1.39. The van der Waals surface area contributed by atoms with Crippen molar-refractivity contribution in [1.82, 2.24) is 4.90 Å². The number of aryl methyl sites for hydroxylation is 1. The highest BCUT2D eigenvalue weighted by Crippen LogP contribution is 2.40. The molecule has 0 amide bonds. The minimum absolute atomic E-state index is 0.133. The smallest absolute Gasteiger partial charge is 0.453 e. The van der Waals surface area contributed by atoms with Crippen molar-refractivity contribution in [2.45, 2.75) is 89.7 Å². The van der Waals surface area contributed by atoms with Gasteiger partial charge in [-0.15, -0.1) is 0 Å². The highest BCUT2D eigenvalue weighted by molar-refractivity contribution is 7.84. The monoisotopic (exact) mass is 613 g/mol. The third-order valence-corrected chi connectivity index (χ3v) is 9.48. The number of unbranched alkanes of at least 4 members (excludes halogenated alkanes) is 3. The van der Waals surface area contributed by atoms with Crippen LogP contribution in [0.25, 0.3) is 11.1 Å². The lowest BCUT2D eigenvalue weighted by Crippen LogP contribution is -2.36. The SMILES string of the molecule is CCN(CCCCCCC1=C(c2ccccc2)CCCc2cc(O)ccc21)CCCS(=O)CCCC(F)(F)C(F)(F)F. The zero-order valence-corrected chi connectivity index (χ0v) is 25.3. The Kier molecular flexibility index (Phi) is 13.5. The standard InChI is InChI=1S/C33H44F5NO2S/c1-2-39(22-12-24-42(41)23-11-20-32(34,35)33(36,37)38)21-9-4-3-8-16-31-29(26-13-6-5-7-14-26)17-10-15-27-25-28(40)18-19-30(27)31/h5-7,13-14,18-19,25,40H,2-4,8-12,15-17,20-24H2,1H3. The molecule has 42 heavy (non-hydrogen) atoms. The quantitative estimate of drug-likeness (QED) is 0.143. The highest BCUT2D eigenvalue weighted by Gasteiger charge is 2.56. The molecule has 2 aromatic carbocycles. The number of hydrogen-bond donors (Lipinski definition) is 1. The number of alkyl halides is 5. The summed E-state index contributed by atoms with van der Waals surface area (Å²) in [5, 5.41) is 10.1. The molecule has 1 atom stereocenters. The summed E-state index contributed by atoms with van der Waals surface area (Å²) in [5.41, 5.74) is 6.54. The molecule has 9 heteroatoms. The van der Waals surface area contributed by atoms with Crippen LogP contribution in [-0.2, 0) is 17.2 Å². The van der Waals surface area contributed by atoms with Crippen LogP contribution in [0.2, 0.25) is 0 Å². The Balaban J connectivity index is 1.41. The molecule has 0 saturated carbocycles. The molecule has 1 unspecified atom stereocenters. The molecule has 2 aromatic rings. The van der Waals surface area contributed by atoms with Crippen molar-refractivity contribution in [1.29, 1.82) is 0 Å². The highest BCUT2D eigenvalue weighted by atomic mass is 32.2. The summed E-state index contributed by atoms with van der Waals surface area (Å²) in [5.74, 6) is -4.23. The van der Waals surface area contributed by atoms with Gasteiger partial charge < -0.3 is 10.0 Å². The van der Waals surface area contributed by atoms with Crippen LogP contribution in [0.5, 0.6) is 5.75 Å². The number of nitrogens with zero attached hydrogens (tertiary/aromatic N) is 1. The van der Waals surface area contributed by atoms with Crippen LogP contribution in [-0.4, -0.2) is 57.5 Å². The zero-order valence-electron chi connectivity index (χ0n) is 24.5. The van der Waals surface area contributed by atoms with Crippen molar-refractivity contribution < 1.29 is 31.3 Å². The molecule has 0 aromatic heterocycles. The van der Waals surface area contributed by atoms with Crippen LogP contribution in [0.4, 0.5) is 22.0 Å². The van der Waals surface area contributed by atoms with Crippen molar-refractivity contribution in [3.8, 4) is 5.75 Å². The molecule has 3 nitrogen and oxygen atoms in total. The first-order chi connectivity index (χ1) is 20.0. The van der Waals surface area contributed by atoms with Gasteiger partial charge in [-0.3, -0.25) is 4.21 Å². The van der Waals surface area contributed by atoms with Gasteiger partial charge >= 0.3 is 12.1 Å². The summed E-state index contributed by atoms with van der Waals surface area (Å²) >= 11 is 0. The van der Waals surface area contributed by atoms with E-state index in [1.807, 2.05) is 12.1 Å². The Morgan fingerprint density at radius 3 is 2.26 bits per heavy atom. The third kappa shape index (κ3) is 10.5. The van der Waals surface area contributed by atoms with Crippen molar-refractivity contribution in [2.75, 3.05) is 31.1 Å². The van der Waals surface area contributed by atoms with E-state index in [2.05, 4.69) is 42.2 Å². The average Bonchev–Trinajstić information content (AvgIpc) is 3.12. The maximum absolute atomic E-state index is 13.0. The largest absolute Gasteiger partial charge is 0.508 e. The molecule has 0 radical (unpaired) electrons. The molecule has 234 valence electrons. The Labute approximate surface area is 249 Å². The van der Waals surface area contributed by atoms with E-state index in [0.29, 0.717) is 17.9 Å². The normalized spacial score (nSPS) is 15.1. The molecule has 0 aliphatic heterocycles. The van der Waals surface area contributed by atoms with E-state index in [4.69, 9.17) is 0 Å². The number of rotatable bonds is 17. The average molecular weight is 614 g/mol. The fourth-order valence-corrected chi connectivity index (χ4v) is 6.78. The second-order valence-electron chi connectivity index (χ2n) is 11.1. The van der Waals surface area contributed by atoms with Crippen molar-refractivity contribution in [2.24, 2.45) is 0 Å². The summed E-state index contributed by atoms with van der Waals surface area (Å²) in [6.45, 7) is 4.56. The molecular formula is C33H44F5NO2S. The van der Waals surface area contributed by atoms with E-state index >= 15 is 0 Å². The summed E-state index contributed by atoms with van der Waals surface area (Å²) < 4.78 is 74.9. The number of hydrogen-bond acceptors (Lipinski definition) is 3. The number of aromatic hydroxyl groups is 1. The molecule has 0 heterocycles. The van der Waals surface area contributed by atoms with Crippen LogP contribution in [0.1, 0.15) is 87.8 Å². The van der Waals surface area contributed by atoms with Gasteiger partial charge in [0.1, 0.15) is 5.75 Å². The van der Waals surface area contributed by atoms with Gasteiger partial charge in [-0.1, -0.05) is 56.2 Å². The molecule has 1 aliphatic rings. The van der Waals surface area contributed by atoms with E-state index in [1.54, 1.807) is 6.07 Å². The summed E-state index contributed by atoms with van der Waals surface area (Å²) in [4.78, 5) is 2.28. The van der Waals surface area contributed by atoms with Crippen molar-refractivity contribution in [3.63, 3.8) is 0 Å². The van der Waals surface area contributed by atoms with Gasteiger partial charge in [-0.25, -0.2) is 0 Å². The van der Waals surface area contributed by atoms with E-state index in [0.717, 1.165) is 71.0 Å². The van der Waals surface area contributed by atoms with Gasteiger partial charge in [0.25, 0.3) is 0 Å². The zero-order chi connectivity index (χ0) is 30.6. The maximum atomic E-state index is 13.0. The summed E-state index contributed by atoms with van der Waals surface area (Å²) in [6, 6.07) is 16.3. The van der Waals surface area contributed by atoms with Crippen molar-refractivity contribution >= 4 is 21.9 Å². The predicted molar refractivity (Wildman–Crippen MR) is 162 cm³/mol. The topological polar surface area (TPSA) is 40.5 Å². The molecule has 0 spiro atoms. The first-order valence-electron chi connectivity index (χ1n) is 15.1. The Morgan fingerprint density at radius 2 is 1.55 bits per heavy atom. The lowest BCUT2D eigenvalue weighted by Gasteiger charge is -2.20. The van der Waals surface area contributed by atoms with Gasteiger partial charge in [0.2, 0.25) is 0 Å². The second kappa shape index (κ2) is 16.6. The fraction of sp³-hybridized carbons (Fsp3) is 0.576. The van der Waals surface area contributed by atoms with Gasteiger partial charge in [-0.05, 0) is 111 Å². The number of allylic oxidation sites excluding steroid dienone is 2. The van der Waals surface area contributed by atoms with Gasteiger partial charge in [0.15, 0.2) is 0 Å². The number of phenolic OH excluding ortho intramolecular Hbond substituents is 1. The van der Waals surface area contributed by atoms with Gasteiger partial charge in [-0.2, -0.15) is 22.0 Å². The van der Waals surface area contributed by atoms with Crippen LogP contribution >= 0.6 is 0 Å². The minimum Gasteiger partial charge on any atom is -0.508 e. The molecule has 1 N–H and O–H groups in total. The molecule has 0 saturated heterocycles. The fourth-order valence-electron chi connectivity index (χ4n) is 5.66. The molecular weight excluding hydrogens is 569 g/mol. The van der Waals surface area contributed by atoms with E-state index in [-0.39, 0.29) is 5.75 Å². The first kappa shape index (κ1) is 34.2. The van der Waals surface area contributed by atoms with Crippen molar-refractivity contribution in [3.05, 3.63) is 65.2 Å². The van der Waals surface area contributed by atoms with Crippen LogP contribution < -0.4 is 0 Å². The predicted octanol–water partition coefficient (Wildman–Crippen LogP) is 9.03. The molecule has 3 rings (SSSR count). The Hall–Kier alpha value is -2.26. The number of fused-ring (bicyclic) bond motifs is 1. The molecule has 1 aliphatic carbocycles. The second-order valence-corrected chi connectivity index (χ2v) is 12.8. The van der Waals surface area contributed by atoms with Crippen LogP contribution in [0.3, 0.4) is 0 Å². The minimum atomic E-state index is -5.55. The van der Waals surface area contributed by atoms with E-state index in [1.165, 1.54) is 27.8 Å². The maximum Gasteiger partial charge on any atom is 0.453 e. The number of halogens is 5. The third-order valence-electron chi connectivity index (χ3n) is 8.00. The molecule has 0 fully saturated rings. The number of benzene rings is 2. The number of phenols is 1. The first-order valence-corrected chi connectivity index (χ1v) is 16.6. The van der Waals surface area contributed by atoms with E-state index < -0.39 is 35.7 Å². The Bertz CT molecular complexity index is 1170. The molecule has 0 bridgehead atoms. The lowest BCUT2D eigenvalue weighted by atomic mass is 9.89. The van der Waals surface area contributed by atoms with E-state index in [9.17, 15) is 31.3 Å². The summed E-state index contributed by atoms with van der Waals surface area (Å²) in [6.07, 6.45) is 1.67. The van der Waals surface area contributed by atoms with Crippen LogP contribution in [0.15, 0.2) is 48.5 Å². The van der Waals surface area contributed by atoms with Gasteiger partial charge in [0, 0.05) is 28.7 Å². The Morgan fingerprint density at radius 1 is 0.857 bits per heavy atom. The lowest BCUT2D eigenvalue weighted by molar-refractivity contribution is -0.284. The van der Waals surface area contributed by atoms with Crippen LogP contribution in [0, 0.1) is 0 Å².